The first-order valence-corrected chi connectivity index (χ1v) is 16.8. The molecule has 4 N–H and O–H groups in total. The number of fused-ring (bicyclic) bond motifs is 3. The first kappa shape index (κ1) is 34.9. The standard InChI is InChI=1S/C23H19FN6O.C18H17FN2O/c1-13-5-3-6-14-9-15(10-25-22-21-23(27-11-26-21)29-12-28-22)20(30-19(13)14)18-16(24)7-4-8-17(18)31-2;1-11-5-3-6-12-9-13(10-20)18(21-17(11)12)16-14(19)7-4-8-15(16)22-2/h3-9,11-12H,10H2,1-2H3,(H2,25,26,27,28,29);3-9H,10,20H2,1-2H3. The van der Waals surface area contributed by atoms with Gasteiger partial charge in [-0.2, -0.15) is 0 Å². The lowest BCUT2D eigenvalue weighted by Gasteiger charge is -2.16. The molecule has 0 spiro atoms. The SMILES string of the molecule is COc1cccc(F)c1-c1nc2c(C)cccc2cc1CN.COc1cccc(F)c1-c1nc2c(C)cccc2cc1CNc1ncnc2nc[nH]c12. The van der Waals surface area contributed by atoms with Crippen molar-refractivity contribution in [3.05, 3.63) is 131 Å². The van der Waals surface area contributed by atoms with Crippen LogP contribution < -0.4 is 20.5 Å². The Morgan fingerprint density at radius 2 is 1.25 bits per heavy atom. The molecule has 0 radical (unpaired) electrons. The Morgan fingerprint density at radius 3 is 1.81 bits per heavy atom. The van der Waals surface area contributed by atoms with Crippen LogP contribution in [-0.4, -0.2) is 44.1 Å². The summed E-state index contributed by atoms with van der Waals surface area (Å²) in [7, 11) is 3.05. The van der Waals surface area contributed by atoms with Crippen LogP contribution >= 0.6 is 0 Å². The van der Waals surface area contributed by atoms with E-state index in [1.165, 1.54) is 32.7 Å². The van der Waals surface area contributed by atoms with Crippen LogP contribution in [0.4, 0.5) is 14.6 Å². The highest BCUT2D eigenvalue weighted by molar-refractivity contribution is 5.88. The van der Waals surface area contributed by atoms with E-state index in [0.29, 0.717) is 57.5 Å². The molecule has 0 atom stereocenters. The number of aryl methyl sites for hydroxylation is 2. The summed E-state index contributed by atoms with van der Waals surface area (Å²) in [6.07, 6.45) is 3.02. The zero-order valence-electron chi connectivity index (χ0n) is 29.5. The summed E-state index contributed by atoms with van der Waals surface area (Å²) in [4.78, 5) is 25.2. The van der Waals surface area contributed by atoms with Gasteiger partial charge in [0.15, 0.2) is 11.5 Å². The molecule has 266 valence electrons. The summed E-state index contributed by atoms with van der Waals surface area (Å²) in [6, 6.07) is 25.4. The zero-order chi connectivity index (χ0) is 37.1. The molecular weight excluding hydrogens is 675 g/mol. The minimum Gasteiger partial charge on any atom is -0.496 e. The van der Waals surface area contributed by atoms with E-state index >= 15 is 0 Å². The van der Waals surface area contributed by atoms with Gasteiger partial charge in [-0.1, -0.05) is 48.5 Å². The van der Waals surface area contributed by atoms with Gasteiger partial charge in [0, 0.05) is 23.9 Å². The Hall–Kier alpha value is -6.53. The average Bonchev–Trinajstić information content (AvgIpc) is 3.67. The average molecular weight is 711 g/mol. The number of aromatic nitrogens is 6. The molecular formula is C41H36F2N8O2. The highest BCUT2D eigenvalue weighted by Gasteiger charge is 2.20. The normalized spacial score (nSPS) is 11.1. The van der Waals surface area contributed by atoms with Gasteiger partial charge in [0.05, 0.1) is 54.1 Å². The molecule has 4 aromatic carbocycles. The van der Waals surface area contributed by atoms with Crippen LogP contribution in [0.2, 0.25) is 0 Å². The third kappa shape index (κ3) is 6.79. The van der Waals surface area contributed by atoms with Crippen molar-refractivity contribution in [2.24, 2.45) is 5.73 Å². The number of aromatic amines is 1. The van der Waals surface area contributed by atoms with Gasteiger partial charge in [-0.05, 0) is 72.5 Å². The first-order chi connectivity index (χ1) is 25.8. The predicted octanol–water partition coefficient (Wildman–Crippen LogP) is 8.45. The van der Waals surface area contributed by atoms with Crippen molar-refractivity contribution in [3.8, 4) is 34.0 Å². The fourth-order valence-corrected chi connectivity index (χ4v) is 6.39. The van der Waals surface area contributed by atoms with Gasteiger partial charge in [-0.25, -0.2) is 33.7 Å². The number of nitrogens with two attached hydrogens (primary N) is 1. The van der Waals surface area contributed by atoms with E-state index in [1.807, 2.05) is 62.4 Å². The number of imidazole rings is 1. The molecule has 0 aliphatic heterocycles. The highest BCUT2D eigenvalue weighted by Crippen LogP contribution is 2.37. The van der Waals surface area contributed by atoms with E-state index < -0.39 is 0 Å². The number of nitrogens with zero attached hydrogens (tertiary/aromatic N) is 5. The van der Waals surface area contributed by atoms with Crippen LogP contribution in [0.15, 0.2) is 97.6 Å². The molecule has 12 heteroatoms. The number of halogens is 2. The van der Waals surface area contributed by atoms with Crippen LogP contribution in [0.3, 0.4) is 0 Å². The number of H-pyrrole nitrogens is 1. The molecule has 0 saturated carbocycles. The molecule has 53 heavy (non-hydrogen) atoms. The van der Waals surface area contributed by atoms with Crippen LogP contribution in [0.25, 0.3) is 55.5 Å². The molecule has 8 rings (SSSR count). The molecule has 8 aromatic rings. The molecule has 0 aliphatic rings. The third-order valence-electron chi connectivity index (χ3n) is 9.01. The Bertz CT molecular complexity index is 2610. The number of para-hydroxylation sites is 2. The number of hydrogen-bond acceptors (Lipinski definition) is 9. The van der Waals surface area contributed by atoms with Crippen molar-refractivity contribution in [3.63, 3.8) is 0 Å². The quantitative estimate of drug-likeness (QED) is 0.142. The first-order valence-electron chi connectivity index (χ1n) is 16.8. The fraction of sp³-hybridized carbons (Fsp3) is 0.146. The maximum atomic E-state index is 15.0. The number of benzene rings is 4. The summed E-state index contributed by atoms with van der Waals surface area (Å²) >= 11 is 0. The van der Waals surface area contributed by atoms with E-state index in [2.05, 4.69) is 30.2 Å². The Balaban J connectivity index is 0.000000174. The minimum atomic E-state index is -0.390. The minimum absolute atomic E-state index is 0.281. The molecule has 10 nitrogen and oxygen atoms in total. The van der Waals surface area contributed by atoms with Gasteiger partial charge in [0.1, 0.15) is 35.0 Å². The van der Waals surface area contributed by atoms with Gasteiger partial charge in [-0.3, -0.25) is 0 Å². The predicted molar refractivity (Wildman–Crippen MR) is 204 cm³/mol. The second-order valence-electron chi connectivity index (χ2n) is 12.3. The van der Waals surface area contributed by atoms with Gasteiger partial charge in [0.2, 0.25) is 0 Å². The smallest absolute Gasteiger partial charge is 0.182 e. The molecule has 0 fully saturated rings. The molecule has 4 aromatic heterocycles. The van der Waals surface area contributed by atoms with Crippen molar-refractivity contribution in [2.45, 2.75) is 26.9 Å². The maximum Gasteiger partial charge on any atom is 0.182 e. The Labute approximate surface area is 304 Å². The van der Waals surface area contributed by atoms with Crippen LogP contribution in [0, 0.1) is 25.5 Å². The van der Waals surface area contributed by atoms with Crippen LogP contribution in [-0.2, 0) is 13.1 Å². The number of methoxy groups -OCH3 is 2. The molecule has 0 bridgehead atoms. The second-order valence-corrected chi connectivity index (χ2v) is 12.3. The monoisotopic (exact) mass is 710 g/mol. The van der Waals surface area contributed by atoms with Crippen molar-refractivity contribution in [1.29, 1.82) is 0 Å². The van der Waals surface area contributed by atoms with Crippen molar-refractivity contribution in [2.75, 3.05) is 19.5 Å². The van der Waals surface area contributed by atoms with E-state index in [1.54, 1.807) is 30.6 Å². The summed E-state index contributed by atoms with van der Waals surface area (Å²) in [5.74, 6) is 0.738. The zero-order valence-corrected chi connectivity index (χ0v) is 29.5. The summed E-state index contributed by atoms with van der Waals surface area (Å²) < 4.78 is 40.1. The number of rotatable bonds is 8. The third-order valence-corrected chi connectivity index (χ3v) is 9.01. The fourth-order valence-electron chi connectivity index (χ4n) is 6.39. The number of anilines is 1. The lowest BCUT2D eigenvalue weighted by molar-refractivity contribution is 0.413. The van der Waals surface area contributed by atoms with Crippen molar-refractivity contribution < 1.29 is 18.3 Å². The molecule has 0 unspecified atom stereocenters. The highest BCUT2D eigenvalue weighted by atomic mass is 19.1. The van der Waals surface area contributed by atoms with Crippen molar-refractivity contribution in [1.82, 2.24) is 29.9 Å². The number of nitrogens with one attached hydrogen (secondary N) is 2. The van der Waals surface area contributed by atoms with E-state index in [-0.39, 0.29) is 18.2 Å². The summed E-state index contributed by atoms with van der Waals surface area (Å²) in [5, 5.41) is 5.29. The van der Waals surface area contributed by atoms with E-state index in [4.69, 9.17) is 20.2 Å². The number of pyridine rings is 2. The largest absolute Gasteiger partial charge is 0.496 e. The van der Waals surface area contributed by atoms with Gasteiger partial charge in [-0.15, -0.1) is 0 Å². The molecule has 0 saturated heterocycles. The Kier molecular flexibility index (Phi) is 9.87. The van der Waals surface area contributed by atoms with E-state index in [9.17, 15) is 8.78 Å². The van der Waals surface area contributed by atoms with E-state index in [0.717, 1.165) is 44.1 Å². The molecule has 0 amide bonds. The topological polar surface area (TPSA) is 137 Å². The van der Waals surface area contributed by atoms with Gasteiger partial charge < -0.3 is 25.5 Å². The number of hydrogen-bond donors (Lipinski definition) is 3. The lowest BCUT2D eigenvalue weighted by Crippen LogP contribution is -2.07. The second kappa shape index (κ2) is 15.0. The molecule has 4 heterocycles. The molecule has 0 aliphatic carbocycles. The van der Waals surface area contributed by atoms with Crippen LogP contribution in [0.1, 0.15) is 22.3 Å². The summed E-state index contributed by atoms with van der Waals surface area (Å²) in [5.41, 5.74) is 14.2. The van der Waals surface area contributed by atoms with Gasteiger partial charge >= 0.3 is 0 Å². The summed E-state index contributed by atoms with van der Waals surface area (Å²) in [6.45, 7) is 4.63. The van der Waals surface area contributed by atoms with Crippen LogP contribution in [0.5, 0.6) is 11.5 Å². The van der Waals surface area contributed by atoms with Crippen molar-refractivity contribution >= 4 is 38.8 Å². The maximum absolute atomic E-state index is 15.0. The van der Waals surface area contributed by atoms with Gasteiger partial charge in [0.25, 0.3) is 0 Å². The number of ether oxygens (including phenoxy) is 2. The Morgan fingerprint density at radius 1 is 0.698 bits per heavy atom. The lowest BCUT2D eigenvalue weighted by atomic mass is 10.0.